The van der Waals surface area contributed by atoms with E-state index in [1.807, 2.05) is 0 Å². The quantitative estimate of drug-likeness (QED) is 0.772. The van der Waals surface area contributed by atoms with E-state index in [2.05, 4.69) is 44.8 Å². The molecule has 2 atom stereocenters. The van der Waals surface area contributed by atoms with Crippen molar-refractivity contribution in [2.24, 2.45) is 5.41 Å². The van der Waals surface area contributed by atoms with Crippen molar-refractivity contribution >= 4 is 11.8 Å². The summed E-state index contributed by atoms with van der Waals surface area (Å²) in [6, 6.07) is 0.752. The monoisotopic (exact) mass is 229 g/mol. The summed E-state index contributed by atoms with van der Waals surface area (Å²) in [6.07, 6.45) is 5.52. The Bertz CT molecular complexity index is 168. The van der Waals surface area contributed by atoms with Gasteiger partial charge in [-0.05, 0) is 43.4 Å². The van der Waals surface area contributed by atoms with Crippen molar-refractivity contribution in [1.29, 1.82) is 0 Å². The number of hydrogen-bond acceptors (Lipinski definition) is 2. The lowest BCUT2D eigenvalue weighted by molar-refractivity contribution is 0.326. The van der Waals surface area contributed by atoms with Crippen LogP contribution in [-0.4, -0.2) is 23.6 Å². The van der Waals surface area contributed by atoms with Crippen LogP contribution < -0.4 is 5.32 Å². The molecule has 0 radical (unpaired) electrons. The van der Waals surface area contributed by atoms with Crippen molar-refractivity contribution in [2.45, 2.75) is 64.7 Å². The molecule has 0 amide bonds. The van der Waals surface area contributed by atoms with Gasteiger partial charge in [0.2, 0.25) is 0 Å². The van der Waals surface area contributed by atoms with Gasteiger partial charge in [-0.2, -0.15) is 11.8 Å². The van der Waals surface area contributed by atoms with Crippen LogP contribution in [0.3, 0.4) is 0 Å². The molecule has 2 unspecified atom stereocenters. The third-order valence-electron chi connectivity index (χ3n) is 3.09. The minimum Gasteiger partial charge on any atom is -0.313 e. The Morgan fingerprint density at radius 1 is 1.40 bits per heavy atom. The van der Waals surface area contributed by atoms with Gasteiger partial charge in [0, 0.05) is 11.3 Å². The van der Waals surface area contributed by atoms with Gasteiger partial charge >= 0.3 is 0 Å². The molecule has 0 spiro atoms. The average molecular weight is 229 g/mol. The lowest BCUT2D eigenvalue weighted by Crippen LogP contribution is -2.37. The molecule has 1 fully saturated rings. The van der Waals surface area contributed by atoms with Gasteiger partial charge in [-0.1, -0.05) is 27.7 Å². The van der Waals surface area contributed by atoms with Gasteiger partial charge in [0.1, 0.15) is 0 Å². The standard InChI is InChI=1S/C13H27NS/c1-5-14-11(8-9-13(2,3)4)12-7-6-10-15-12/h11-12,14H,5-10H2,1-4H3. The van der Waals surface area contributed by atoms with E-state index < -0.39 is 0 Å². The van der Waals surface area contributed by atoms with Gasteiger partial charge < -0.3 is 5.32 Å². The molecule has 1 heterocycles. The molecular weight excluding hydrogens is 202 g/mol. The largest absolute Gasteiger partial charge is 0.313 e. The van der Waals surface area contributed by atoms with Crippen molar-refractivity contribution < 1.29 is 0 Å². The fourth-order valence-electron chi connectivity index (χ4n) is 2.19. The van der Waals surface area contributed by atoms with Crippen molar-refractivity contribution in [1.82, 2.24) is 5.32 Å². The SMILES string of the molecule is CCNC(CCC(C)(C)C)C1CCCS1. The fraction of sp³-hybridized carbons (Fsp3) is 1.00. The molecule has 2 heteroatoms. The molecule has 1 aliphatic rings. The van der Waals surface area contributed by atoms with Crippen molar-refractivity contribution in [3.63, 3.8) is 0 Å². The van der Waals surface area contributed by atoms with Crippen LogP contribution in [0.2, 0.25) is 0 Å². The van der Waals surface area contributed by atoms with E-state index in [0.29, 0.717) is 5.41 Å². The Morgan fingerprint density at radius 3 is 2.60 bits per heavy atom. The van der Waals surface area contributed by atoms with Gasteiger partial charge in [0.05, 0.1) is 0 Å². The third kappa shape index (κ3) is 5.26. The van der Waals surface area contributed by atoms with Crippen LogP contribution in [0, 0.1) is 5.41 Å². The van der Waals surface area contributed by atoms with Crippen molar-refractivity contribution in [3.05, 3.63) is 0 Å². The number of thioether (sulfide) groups is 1. The highest BCUT2D eigenvalue weighted by atomic mass is 32.2. The lowest BCUT2D eigenvalue weighted by atomic mass is 9.87. The zero-order valence-corrected chi connectivity index (χ0v) is 11.6. The zero-order chi connectivity index (χ0) is 11.3. The lowest BCUT2D eigenvalue weighted by Gasteiger charge is -2.27. The van der Waals surface area contributed by atoms with Crippen LogP contribution in [0.25, 0.3) is 0 Å². The highest BCUT2D eigenvalue weighted by Crippen LogP contribution is 2.32. The van der Waals surface area contributed by atoms with Gasteiger partial charge in [-0.15, -0.1) is 0 Å². The van der Waals surface area contributed by atoms with E-state index in [1.165, 1.54) is 31.4 Å². The second-order valence-corrected chi connectivity index (χ2v) is 7.16. The molecule has 1 nitrogen and oxygen atoms in total. The molecule has 0 saturated carbocycles. The Labute approximate surface area is 99.8 Å². The summed E-state index contributed by atoms with van der Waals surface area (Å²) in [5, 5.41) is 4.56. The Morgan fingerprint density at radius 2 is 2.13 bits per heavy atom. The van der Waals surface area contributed by atoms with Crippen LogP contribution in [0.4, 0.5) is 0 Å². The number of nitrogens with one attached hydrogen (secondary N) is 1. The highest BCUT2D eigenvalue weighted by molar-refractivity contribution is 8.00. The Kier molecular flexibility index (Phi) is 5.48. The molecule has 0 aromatic carbocycles. The third-order valence-corrected chi connectivity index (χ3v) is 4.60. The first kappa shape index (κ1) is 13.4. The average Bonchev–Trinajstić information content (AvgIpc) is 2.63. The summed E-state index contributed by atoms with van der Waals surface area (Å²) in [7, 11) is 0. The maximum absolute atomic E-state index is 3.68. The number of rotatable bonds is 5. The summed E-state index contributed by atoms with van der Waals surface area (Å²) >= 11 is 2.18. The zero-order valence-electron chi connectivity index (χ0n) is 10.8. The molecule has 0 aromatic heterocycles. The van der Waals surface area contributed by atoms with Crippen molar-refractivity contribution in [2.75, 3.05) is 12.3 Å². The normalized spacial score (nSPS) is 24.4. The molecule has 1 aliphatic heterocycles. The topological polar surface area (TPSA) is 12.0 Å². The highest BCUT2D eigenvalue weighted by Gasteiger charge is 2.25. The molecule has 0 aliphatic carbocycles. The predicted molar refractivity (Wildman–Crippen MR) is 71.6 cm³/mol. The molecule has 0 aromatic rings. The second kappa shape index (κ2) is 6.15. The van der Waals surface area contributed by atoms with Crippen LogP contribution in [0.15, 0.2) is 0 Å². The van der Waals surface area contributed by atoms with E-state index >= 15 is 0 Å². The van der Waals surface area contributed by atoms with Gasteiger partial charge in [0.15, 0.2) is 0 Å². The molecule has 1 saturated heterocycles. The molecule has 90 valence electrons. The van der Waals surface area contributed by atoms with E-state index in [9.17, 15) is 0 Å². The van der Waals surface area contributed by atoms with Crippen LogP contribution in [-0.2, 0) is 0 Å². The van der Waals surface area contributed by atoms with E-state index in [1.54, 1.807) is 0 Å². The summed E-state index contributed by atoms with van der Waals surface area (Å²) in [4.78, 5) is 0. The van der Waals surface area contributed by atoms with E-state index in [-0.39, 0.29) is 0 Å². The van der Waals surface area contributed by atoms with Crippen LogP contribution >= 0.6 is 11.8 Å². The summed E-state index contributed by atoms with van der Waals surface area (Å²) in [5.41, 5.74) is 0.483. The van der Waals surface area contributed by atoms with Gasteiger partial charge in [-0.3, -0.25) is 0 Å². The second-order valence-electron chi connectivity index (χ2n) is 5.81. The molecule has 15 heavy (non-hydrogen) atoms. The van der Waals surface area contributed by atoms with Crippen LogP contribution in [0.5, 0.6) is 0 Å². The first-order valence-corrected chi connectivity index (χ1v) is 7.43. The minimum atomic E-state index is 0.483. The minimum absolute atomic E-state index is 0.483. The van der Waals surface area contributed by atoms with Crippen molar-refractivity contribution in [3.8, 4) is 0 Å². The summed E-state index contributed by atoms with van der Waals surface area (Å²) < 4.78 is 0. The van der Waals surface area contributed by atoms with E-state index in [4.69, 9.17) is 0 Å². The number of hydrogen-bond donors (Lipinski definition) is 1. The first-order chi connectivity index (χ1) is 7.03. The van der Waals surface area contributed by atoms with Gasteiger partial charge in [0.25, 0.3) is 0 Å². The molecule has 1 rings (SSSR count). The van der Waals surface area contributed by atoms with Gasteiger partial charge in [-0.25, -0.2) is 0 Å². The maximum Gasteiger partial charge on any atom is 0.0201 e. The molecule has 0 bridgehead atoms. The van der Waals surface area contributed by atoms with Crippen LogP contribution in [0.1, 0.15) is 53.4 Å². The predicted octanol–water partition coefficient (Wildman–Crippen LogP) is 3.69. The maximum atomic E-state index is 3.68. The van der Waals surface area contributed by atoms with E-state index in [0.717, 1.165) is 17.8 Å². The first-order valence-electron chi connectivity index (χ1n) is 6.38. The summed E-state index contributed by atoms with van der Waals surface area (Å²) in [6.45, 7) is 10.4. The smallest absolute Gasteiger partial charge is 0.0201 e. The fourth-order valence-corrected chi connectivity index (χ4v) is 3.62. The molecular formula is C13H27NS. The molecule has 1 N–H and O–H groups in total. The Hall–Kier alpha value is 0.310. The summed E-state index contributed by atoms with van der Waals surface area (Å²) in [5.74, 6) is 1.38. The Balaban J connectivity index is 2.35.